The lowest BCUT2D eigenvalue weighted by Gasteiger charge is -2.06. The Morgan fingerprint density at radius 2 is 1.95 bits per heavy atom. The highest BCUT2D eigenvalue weighted by atomic mass is 16.5. The van der Waals surface area contributed by atoms with Gasteiger partial charge in [0.1, 0.15) is 18.1 Å². The SMILES string of the molecule is CCn1cc(COc2cccc(C)c2)c2c(O)cccc21. The van der Waals surface area contributed by atoms with Crippen LogP contribution in [0.15, 0.2) is 48.7 Å². The summed E-state index contributed by atoms with van der Waals surface area (Å²) < 4.78 is 8.00. The monoisotopic (exact) mass is 281 g/mol. The van der Waals surface area contributed by atoms with E-state index < -0.39 is 0 Å². The number of phenolic OH excluding ortho intramolecular Hbond substituents is 1. The van der Waals surface area contributed by atoms with Crippen molar-refractivity contribution in [2.75, 3.05) is 0 Å². The van der Waals surface area contributed by atoms with E-state index in [1.807, 2.05) is 43.3 Å². The molecule has 0 bridgehead atoms. The molecular weight excluding hydrogens is 262 g/mol. The molecule has 0 aliphatic heterocycles. The minimum atomic E-state index is 0.308. The summed E-state index contributed by atoms with van der Waals surface area (Å²) >= 11 is 0. The molecule has 108 valence electrons. The van der Waals surface area contributed by atoms with Crippen LogP contribution in [0.5, 0.6) is 11.5 Å². The molecule has 3 nitrogen and oxygen atoms in total. The Bertz CT molecular complexity index is 774. The van der Waals surface area contributed by atoms with Gasteiger partial charge in [-0.25, -0.2) is 0 Å². The summed E-state index contributed by atoms with van der Waals surface area (Å²) in [7, 11) is 0. The number of hydrogen-bond acceptors (Lipinski definition) is 2. The normalized spacial score (nSPS) is 11.0. The van der Waals surface area contributed by atoms with Gasteiger partial charge in [0.25, 0.3) is 0 Å². The number of aromatic nitrogens is 1. The van der Waals surface area contributed by atoms with E-state index in [1.54, 1.807) is 6.07 Å². The van der Waals surface area contributed by atoms with Crippen LogP contribution in [0.4, 0.5) is 0 Å². The molecule has 0 radical (unpaired) electrons. The van der Waals surface area contributed by atoms with E-state index in [1.165, 1.54) is 5.56 Å². The molecule has 0 saturated heterocycles. The second-order valence-corrected chi connectivity index (χ2v) is 5.22. The first-order chi connectivity index (χ1) is 10.2. The fourth-order valence-corrected chi connectivity index (χ4v) is 2.66. The zero-order valence-corrected chi connectivity index (χ0v) is 12.3. The van der Waals surface area contributed by atoms with Crippen molar-refractivity contribution >= 4 is 10.9 Å². The van der Waals surface area contributed by atoms with Crippen molar-refractivity contribution in [3.63, 3.8) is 0 Å². The molecule has 0 aliphatic rings. The van der Waals surface area contributed by atoms with E-state index in [-0.39, 0.29) is 0 Å². The molecule has 1 heterocycles. The number of nitrogens with zero attached hydrogens (tertiary/aromatic N) is 1. The highest BCUT2D eigenvalue weighted by Gasteiger charge is 2.11. The maximum absolute atomic E-state index is 10.1. The maximum Gasteiger partial charge on any atom is 0.125 e. The second-order valence-electron chi connectivity index (χ2n) is 5.22. The summed E-state index contributed by atoms with van der Waals surface area (Å²) in [5.41, 5.74) is 3.22. The molecule has 1 aromatic heterocycles. The molecule has 2 aromatic carbocycles. The van der Waals surface area contributed by atoms with Gasteiger partial charge in [0, 0.05) is 23.7 Å². The number of phenols is 1. The van der Waals surface area contributed by atoms with Crippen molar-refractivity contribution in [1.82, 2.24) is 4.57 Å². The summed E-state index contributed by atoms with van der Waals surface area (Å²) in [6.45, 7) is 5.45. The quantitative estimate of drug-likeness (QED) is 0.775. The molecule has 3 heteroatoms. The Morgan fingerprint density at radius 3 is 2.71 bits per heavy atom. The minimum absolute atomic E-state index is 0.308. The van der Waals surface area contributed by atoms with Crippen LogP contribution in [0, 0.1) is 6.92 Å². The van der Waals surface area contributed by atoms with Gasteiger partial charge in [-0.1, -0.05) is 18.2 Å². The van der Waals surface area contributed by atoms with Crippen LogP contribution < -0.4 is 4.74 Å². The van der Waals surface area contributed by atoms with E-state index in [4.69, 9.17) is 4.74 Å². The molecule has 0 saturated carbocycles. The summed E-state index contributed by atoms with van der Waals surface area (Å²) in [6.07, 6.45) is 2.06. The van der Waals surface area contributed by atoms with Crippen molar-refractivity contribution in [2.24, 2.45) is 0 Å². The van der Waals surface area contributed by atoms with Crippen LogP contribution in [-0.4, -0.2) is 9.67 Å². The molecule has 3 aromatic rings. The van der Waals surface area contributed by atoms with Crippen LogP contribution in [0.2, 0.25) is 0 Å². The largest absolute Gasteiger partial charge is 0.507 e. The lowest BCUT2D eigenvalue weighted by molar-refractivity contribution is 0.307. The number of rotatable bonds is 4. The minimum Gasteiger partial charge on any atom is -0.507 e. The Hall–Kier alpha value is -2.42. The predicted octanol–water partition coefficient (Wildman–Crippen LogP) is 4.25. The molecule has 3 rings (SSSR count). The lowest BCUT2D eigenvalue weighted by Crippen LogP contribution is -1.95. The van der Waals surface area contributed by atoms with Crippen molar-refractivity contribution in [3.05, 3.63) is 59.8 Å². The predicted molar refractivity (Wildman–Crippen MR) is 84.8 cm³/mol. The molecule has 0 unspecified atom stereocenters. The third kappa shape index (κ3) is 2.59. The van der Waals surface area contributed by atoms with Gasteiger partial charge < -0.3 is 14.4 Å². The second kappa shape index (κ2) is 5.52. The van der Waals surface area contributed by atoms with Gasteiger partial charge in [0.2, 0.25) is 0 Å². The average molecular weight is 281 g/mol. The van der Waals surface area contributed by atoms with E-state index in [0.717, 1.165) is 28.8 Å². The number of aromatic hydroxyl groups is 1. The number of benzene rings is 2. The van der Waals surface area contributed by atoms with Gasteiger partial charge in [-0.2, -0.15) is 0 Å². The molecule has 0 atom stereocenters. The van der Waals surface area contributed by atoms with E-state index in [2.05, 4.69) is 17.7 Å². The van der Waals surface area contributed by atoms with Crippen LogP contribution >= 0.6 is 0 Å². The Balaban J connectivity index is 1.94. The summed E-state index contributed by atoms with van der Waals surface area (Å²) in [6, 6.07) is 13.6. The molecular formula is C18H19NO2. The first kappa shape index (κ1) is 13.6. The Morgan fingerprint density at radius 1 is 1.14 bits per heavy atom. The van der Waals surface area contributed by atoms with E-state index in [9.17, 15) is 5.11 Å². The zero-order chi connectivity index (χ0) is 14.8. The lowest BCUT2D eigenvalue weighted by atomic mass is 10.1. The van der Waals surface area contributed by atoms with Crippen molar-refractivity contribution in [2.45, 2.75) is 27.0 Å². The number of hydrogen-bond donors (Lipinski definition) is 1. The summed E-state index contributed by atoms with van der Waals surface area (Å²) in [5, 5.41) is 11.0. The van der Waals surface area contributed by atoms with Crippen LogP contribution in [0.3, 0.4) is 0 Å². The van der Waals surface area contributed by atoms with Gasteiger partial charge >= 0.3 is 0 Å². The van der Waals surface area contributed by atoms with Gasteiger partial charge in [0.05, 0.1) is 5.52 Å². The Kier molecular flexibility index (Phi) is 3.57. The Labute approximate surface area is 124 Å². The smallest absolute Gasteiger partial charge is 0.125 e. The van der Waals surface area contributed by atoms with Gasteiger partial charge in [-0.05, 0) is 43.7 Å². The van der Waals surface area contributed by atoms with Crippen LogP contribution in [0.25, 0.3) is 10.9 Å². The zero-order valence-electron chi connectivity index (χ0n) is 12.3. The van der Waals surface area contributed by atoms with Crippen LogP contribution in [-0.2, 0) is 13.2 Å². The van der Waals surface area contributed by atoms with Crippen molar-refractivity contribution in [1.29, 1.82) is 0 Å². The summed E-state index contributed by atoms with van der Waals surface area (Å²) in [5.74, 6) is 1.16. The van der Waals surface area contributed by atoms with E-state index in [0.29, 0.717) is 12.4 Å². The highest BCUT2D eigenvalue weighted by molar-refractivity contribution is 5.89. The fourth-order valence-electron chi connectivity index (χ4n) is 2.66. The fraction of sp³-hybridized carbons (Fsp3) is 0.222. The molecule has 0 aliphatic carbocycles. The topological polar surface area (TPSA) is 34.4 Å². The van der Waals surface area contributed by atoms with Gasteiger partial charge in [0.15, 0.2) is 0 Å². The summed E-state index contributed by atoms with van der Waals surface area (Å²) in [4.78, 5) is 0. The van der Waals surface area contributed by atoms with Gasteiger partial charge in [-0.3, -0.25) is 0 Å². The van der Waals surface area contributed by atoms with E-state index >= 15 is 0 Å². The molecule has 0 amide bonds. The number of aryl methyl sites for hydroxylation is 2. The van der Waals surface area contributed by atoms with Crippen molar-refractivity contribution in [3.8, 4) is 11.5 Å². The first-order valence-electron chi connectivity index (χ1n) is 7.18. The molecule has 0 fully saturated rings. The molecule has 21 heavy (non-hydrogen) atoms. The third-order valence-corrected chi connectivity index (χ3v) is 3.69. The van der Waals surface area contributed by atoms with Crippen molar-refractivity contribution < 1.29 is 9.84 Å². The third-order valence-electron chi connectivity index (χ3n) is 3.69. The average Bonchev–Trinajstić information content (AvgIpc) is 2.85. The maximum atomic E-state index is 10.1. The first-order valence-corrected chi connectivity index (χ1v) is 7.18. The highest BCUT2D eigenvalue weighted by Crippen LogP contribution is 2.30. The molecule has 0 spiro atoms. The number of fused-ring (bicyclic) bond motifs is 1. The number of ether oxygens (including phenoxy) is 1. The van der Waals surface area contributed by atoms with Gasteiger partial charge in [-0.15, -0.1) is 0 Å². The molecule has 1 N–H and O–H groups in total. The standard InChI is InChI=1S/C18H19NO2/c1-3-19-11-14(18-16(19)8-5-9-17(18)20)12-21-15-7-4-6-13(2)10-15/h4-11,20H,3,12H2,1-2H3. The van der Waals surface area contributed by atoms with Crippen LogP contribution in [0.1, 0.15) is 18.1 Å².